The van der Waals surface area contributed by atoms with Crippen LogP contribution in [-0.4, -0.2) is 62.7 Å². The smallest absolute Gasteiger partial charge is 0.243 e. The normalized spacial score (nSPS) is 13.5. The lowest BCUT2D eigenvalue weighted by molar-refractivity contribution is -0.134. The Morgan fingerprint density at radius 1 is 1.12 bits per heavy atom. The lowest BCUT2D eigenvalue weighted by Gasteiger charge is -2.29. The fraction of sp³-hybridized carbons (Fsp3) is 0.417. The molecule has 2 aromatic carbocycles. The minimum absolute atomic E-state index is 0.0600. The molecule has 33 heavy (non-hydrogen) atoms. The number of ether oxygens (including phenoxy) is 2. The van der Waals surface area contributed by atoms with Crippen LogP contribution in [0.4, 0.5) is 20.2 Å². The third kappa shape index (κ3) is 7.42. The number of carbonyl (C=O) groups is 2. The predicted octanol–water partition coefficient (Wildman–Crippen LogP) is 3.45. The van der Waals surface area contributed by atoms with Crippen molar-refractivity contribution >= 4 is 23.2 Å². The molecule has 2 aromatic rings. The Kier molecular flexibility index (Phi) is 9.00. The van der Waals surface area contributed by atoms with E-state index in [-0.39, 0.29) is 37.1 Å². The van der Waals surface area contributed by atoms with Gasteiger partial charge in [0.2, 0.25) is 11.8 Å². The van der Waals surface area contributed by atoms with Gasteiger partial charge in [0.25, 0.3) is 0 Å². The molecule has 1 saturated heterocycles. The molecule has 7 nitrogen and oxygen atoms in total. The van der Waals surface area contributed by atoms with E-state index in [9.17, 15) is 18.4 Å². The number of hydrogen-bond acceptors (Lipinski definition) is 5. The largest absolute Gasteiger partial charge is 0.491 e. The molecule has 0 aromatic heterocycles. The molecule has 1 N–H and O–H groups in total. The summed E-state index contributed by atoms with van der Waals surface area (Å²) >= 11 is 0. The van der Waals surface area contributed by atoms with Gasteiger partial charge in [0.1, 0.15) is 5.82 Å². The van der Waals surface area contributed by atoms with Gasteiger partial charge in [-0.3, -0.25) is 9.59 Å². The lowest BCUT2D eigenvalue weighted by Crippen LogP contribution is -2.38. The van der Waals surface area contributed by atoms with Gasteiger partial charge in [-0.1, -0.05) is 0 Å². The van der Waals surface area contributed by atoms with Crippen molar-refractivity contribution in [2.75, 3.05) is 56.2 Å². The molecule has 1 heterocycles. The minimum Gasteiger partial charge on any atom is -0.491 e. The highest BCUT2D eigenvalue weighted by molar-refractivity contribution is 5.94. The topological polar surface area (TPSA) is 71.1 Å². The highest BCUT2D eigenvalue weighted by atomic mass is 19.1. The summed E-state index contributed by atoms with van der Waals surface area (Å²) in [5.74, 6) is -2.01. The number of likely N-dealkylation sites (N-methyl/N-ethyl adjacent to an activating group) is 1. The van der Waals surface area contributed by atoms with Crippen LogP contribution in [0.3, 0.4) is 0 Å². The predicted molar refractivity (Wildman–Crippen MR) is 121 cm³/mol. The Labute approximate surface area is 192 Å². The van der Waals surface area contributed by atoms with E-state index in [0.29, 0.717) is 31.9 Å². The van der Waals surface area contributed by atoms with Crippen LogP contribution < -0.4 is 15.0 Å². The summed E-state index contributed by atoms with van der Waals surface area (Å²) in [6, 6.07) is 10.6. The maximum absolute atomic E-state index is 13.6. The van der Waals surface area contributed by atoms with Crippen molar-refractivity contribution in [1.82, 2.24) is 4.90 Å². The van der Waals surface area contributed by atoms with Crippen molar-refractivity contribution in [3.63, 3.8) is 0 Å². The first-order valence-corrected chi connectivity index (χ1v) is 11.0. The summed E-state index contributed by atoms with van der Waals surface area (Å²) in [5.41, 5.74) is 1.74. The molecule has 2 amide bonds. The molecule has 9 heteroatoms. The zero-order valence-electron chi connectivity index (χ0n) is 18.7. The van der Waals surface area contributed by atoms with Gasteiger partial charge < -0.3 is 24.6 Å². The molecule has 0 aliphatic carbocycles. The van der Waals surface area contributed by atoms with Gasteiger partial charge in [0, 0.05) is 43.5 Å². The van der Waals surface area contributed by atoms with Crippen LogP contribution in [0.5, 0.6) is 5.75 Å². The quantitative estimate of drug-likeness (QED) is 0.549. The van der Waals surface area contributed by atoms with Crippen LogP contribution in [0, 0.1) is 11.6 Å². The molecule has 0 saturated carbocycles. The Bertz CT molecular complexity index is 934. The molecule has 178 valence electrons. The van der Waals surface area contributed by atoms with Crippen molar-refractivity contribution in [3.8, 4) is 5.75 Å². The molecule has 0 radical (unpaired) electrons. The molecule has 0 spiro atoms. The van der Waals surface area contributed by atoms with Crippen molar-refractivity contribution in [2.24, 2.45) is 0 Å². The van der Waals surface area contributed by atoms with Crippen LogP contribution in [0.15, 0.2) is 42.5 Å². The van der Waals surface area contributed by atoms with E-state index in [1.54, 1.807) is 6.92 Å². The maximum atomic E-state index is 13.6. The summed E-state index contributed by atoms with van der Waals surface area (Å²) in [7, 11) is 0. The molecular weight excluding hydrogens is 432 g/mol. The molecule has 1 aliphatic heterocycles. The SMILES string of the molecule is CCN(CC(=O)Nc1ccc(N2CCOCC2)cc1)C(=O)CCCOc1ccc(F)cc1F. The van der Waals surface area contributed by atoms with E-state index in [0.717, 1.165) is 30.9 Å². The van der Waals surface area contributed by atoms with E-state index in [2.05, 4.69) is 10.2 Å². The van der Waals surface area contributed by atoms with E-state index in [1.165, 1.54) is 11.0 Å². The van der Waals surface area contributed by atoms with Gasteiger partial charge in [-0.25, -0.2) is 8.78 Å². The van der Waals surface area contributed by atoms with Gasteiger partial charge in [0.05, 0.1) is 26.4 Å². The molecule has 1 fully saturated rings. The number of carbonyl (C=O) groups excluding carboxylic acids is 2. The zero-order chi connectivity index (χ0) is 23.6. The van der Waals surface area contributed by atoms with Crippen LogP contribution in [0.2, 0.25) is 0 Å². The summed E-state index contributed by atoms with van der Waals surface area (Å²) in [6.07, 6.45) is 0.495. The number of halogens is 2. The highest BCUT2D eigenvalue weighted by Crippen LogP contribution is 2.19. The summed E-state index contributed by atoms with van der Waals surface area (Å²) in [5, 5.41) is 2.82. The Morgan fingerprint density at radius 2 is 1.85 bits per heavy atom. The number of nitrogens with one attached hydrogen (secondary N) is 1. The Balaban J connectivity index is 1.41. The van der Waals surface area contributed by atoms with Crippen molar-refractivity contribution in [2.45, 2.75) is 19.8 Å². The standard InChI is InChI=1S/C24H29F2N3O4/c1-2-28(24(31)4-3-13-33-22-10-5-18(25)16-21(22)26)17-23(30)27-19-6-8-20(9-7-19)29-11-14-32-15-12-29/h5-10,16H,2-4,11-15,17H2,1H3,(H,27,30). The molecule has 3 rings (SSSR count). The first-order valence-electron chi connectivity index (χ1n) is 11.0. The van der Waals surface area contributed by atoms with E-state index in [1.807, 2.05) is 24.3 Å². The number of morpholine rings is 1. The van der Waals surface area contributed by atoms with Gasteiger partial charge >= 0.3 is 0 Å². The monoisotopic (exact) mass is 461 g/mol. The average molecular weight is 462 g/mol. The lowest BCUT2D eigenvalue weighted by atomic mass is 10.2. The number of anilines is 2. The van der Waals surface area contributed by atoms with Gasteiger partial charge in [-0.05, 0) is 49.7 Å². The van der Waals surface area contributed by atoms with Crippen molar-refractivity contribution in [3.05, 3.63) is 54.1 Å². The third-order valence-corrected chi connectivity index (χ3v) is 5.28. The Morgan fingerprint density at radius 3 is 2.52 bits per heavy atom. The van der Waals surface area contributed by atoms with Gasteiger partial charge in [-0.2, -0.15) is 0 Å². The first kappa shape index (κ1) is 24.4. The van der Waals surface area contributed by atoms with Crippen LogP contribution >= 0.6 is 0 Å². The fourth-order valence-corrected chi connectivity index (χ4v) is 3.48. The Hall–Kier alpha value is -3.20. The van der Waals surface area contributed by atoms with Crippen LogP contribution in [-0.2, 0) is 14.3 Å². The second-order valence-electron chi connectivity index (χ2n) is 7.63. The van der Waals surface area contributed by atoms with Gasteiger partial charge in [0.15, 0.2) is 11.6 Å². The molecule has 0 atom stereocenters. The van der Waals surface area contributed by atoms with E-state index in [4.69, 9.17) is 9.47 Å². The zero-order valence-corrected chi connectivity index (χ0v) is 18.7. The third-order valence-electron chi connectivity index (χ3n) is 5.28. The van der Waals surface area contributed by atoms with Crippen molar-refractivity contribution in [1.29, 1.82) is 0 Å². The summed E-state index contributed by atoms with van der Waals surface area (Å²) in [4.78, 5) is 28.6. The van der Waals surface area contributed by atoms with Crippen LogP contribution in [0.25, 0.3) is 0 Å². The highest BCUT2D eigenvalue weighted by Gasteiger charge is 2.16. The number of hydrogen-bond donors (Lipinski definition) is 1. The number of nitrogens with zero attached hydrogens (tertiary/aromatic N) is 2. The molecular formula is C24H29F2N3O4. The number of amides is 2. The summed E-state index contributed by atoms with van der Waals surface area (Å²) < 4.78 is 37.1. The van der Waals surface area contributed by atoms with E-state index >= 15 is 0 Å². The van der Waals surface area contributed by atoms with E-state index < -0.39 is 11.6 Å². The first-order chi connectivity index (χ1) is 16.0. The van der Waals surface area contributed by atoms with Crippen molar-refractivity contribution < 1.29 is 27.8 Å². The average Bonchev–Trinajstić information content (AvgIpc) is 2.82. The second kappa shape index (κ2) is 12.2. The minimum atomic E-state index is -0.786. The molecule has 1 aliphatic rings. The number of rotatable bonds is 10. The molecule has 0 unspecified atom stereocenters. The number of benzene rings is 2. The van der Waals surface area contributed by atoms with Gasteiger partial charge in [-0.15, -0.1) is 0 Å². The second-order valence-corrected chi connectivity index (χ2v) is 7.63. The maximum Gasteiger partial charge on any atom is 0.243 e. The summed E-state index contributed by atoms with van der Waals surface area (Å²) in [6.45, 7) is 5.31. The fourth-order valence-electron chi connectivity index (χ4n) is 3.48. The molecule has 0 bridgehead atoms. The van der Waals surface area contributed by atoms with Crippen LogP contribution in [0.1, 0.15) is 19.8 Å².